The molecule has 0 heterocycles. The first-order valence-corrected chi connectivity index (χ1v) is 6.13. The van der Waals surface area contributed by atoms with Gasteiger partial charge >= 0.3 is 5.97 Å². The number of ether oxygens (including phenoxy) is 1. The van der Waals surface area contributed by atoms with Gasteiger partial charge in [0, 0.05) is 0 Å². The van der Waals surface area contributed by atoms with E-state index in [1.807, 2.05) is 13.8 Å². The second-order valence-corrected chi connectivity index (χ2v) is 3.97. The number of aliphatic hydroxyl groups excluding tert-OH is 2. The topological polar surface area (TPSA) is 83.8 Å². The van der Waals surface area contributed by atoms with Gasteiger partial charge in [-0.05, 0) is 33.6 Å². The number of ketones is 1. The van der Waals surface area contributed by atoms with Crippen LogP contribution >= 0.6 is 0 Å². The van der Waals surface area contributed by atoms with Crippen molar-refractivity contribution in [3.05, 3.63) is 0 Å². The average Bonchev–Trinajstić information content (AvgIpc) is 2.29. The fraction of sp³-hybridized carbons (Fsp3) is 0.846. The SMILES string of the molecule is CCC(C)O.CCC(C)O.COC(=O)CC(C)=O.[AlH3]. The first-order chi connectivity index (χ1) is 8.20. The molecule has 0 saturated carbocycles. The summed E-state index contributed by atoms with van der Waals surface area (Å²) < 4.78 is 4.20. The highest BCUT2D eigenvalue weighted by Crippen LogP contribution is 1.83. The van der Waals surface area contributed by atoms with Crippen molar-refractivity contribution < 1.29 is 24.5 Å². The largest absolute Gasteiger partial charge is 0.469 e. The van der Waals surface area contributed by atoms with E-state index in [9.17, 15) is 9.59 Å². The van der Waals surface area contributed by atoms with Crippen LogP contribution in [0, 0.1) is 0 Å². The Hall–Kier alpha value is -0.408. The minimum Gasteiger partial charge on any atom is -0.469 e. The molecule has 5 nitrogen and oxygen atoms in total. The van der Waals surface area contributed by atoms with Crippen LogP contribution in [0.3, 0.4) is 0 Å². The molecule has 0 aliphatic heterocycles. The summed E-state index contributed by atoms with van der Waals surface area (Å²) in [4.78, 5) is 20.3. The van der Waals surface area contributed by atoms with E-state index in [0.717, 1.165) is 12.8 Å². The lowest BCUT2D eigenvalue weighted by Gasteiger charge is -1.90. The van der Waals surface area contributed by atoms with Crippen molar-refractivity contribution >= 4 is 29.1 Å². The molecule has 0 radical (unpaired) electrons. The van der Waals surface area contributed by atoms with Crippen LogP contribution in [0.2, 0.25) is 0 Å². The quantitative estimate of drug-likeness (QED) is 0.448. The summed E-state index contributed by atoms with van der Waals surface area (Å²) in [6.07, 6.45) is 1.38. The predicted molar refractivity (Wildman–Crippen MR) is 81.2 cm³/mol. The second kappa shape index (κ2) is 19.9. The molecule has 0 aliphatic rings. The van der Waals surface area contributed by atoms with Crippen LogP contribution in [0.4, 0.5) is 0 Å². The Morgan fingerprint density at radius 1 is 1.05 bits per heavy atom. The summed E-state index contributed by atoms with van der Waals surface area (Å²) in [6.45, 7) is 8.80. The van der Waals surface area contributed by atoms with E-state index in [1.54, 1.807) is 13.8 Å². The van der Waals surface area contributed by atoms with Crippen LogP contribution in [0.25, 0.3) is 0 Å². The third-order valence-electron chi connectivity index (χ3n) is 1.80. The van der Waals surface area contributed by atoms with E-state index in [4.69, 9.17) is 10.2 Å². The number of methoxy groups -OCH3 is 1. The molecule has 2 atom stereocenters. The van der Waals surface area contributed by atoms with Gasteiger partial charge in [0.2, 0.25) is 0 Å². The van der Waals surface area contributed by atoms with Crippen molar-refractivity contribution in [1.29, 1.82) is 0 Å². The summed E-state index contributed by atoms with van der Waals surface area (Å²) in [6, 6.07) is 0. The van der Waals surface area contributed by atoms with E-state index in [0.29, 0.717) is 0 Å². The number of Topliss-reactive ketones (excluding diaryl/α,β-unsaturated/α-hetero) is 1. The molecule has 0 saturated heterocycles. The average molecular weight is 294 g/mol. The van der Waals surface area contributed by atoms with Crippen LogP contribution < -0.4 is 0 Å². The molecule has 2 unspecified atom stereocenters. The van der Waals surface area contributed by atoms with Crippen molar-refractivity contribution in [2.45, 2.75) is 66.1 Å². The normalized spacial score (nSPS) is 11.4. The Morgan fingerprint density at radius 3 is 1.37 bits per heavy atom. The first-order valence-electron chi connectivity index (χ1n) is 6.13. The Kier molecular flexibility index (Phi) is 28.3. The number of carbonyl (C=O) groups is 2. The van der Waals surface area contributed by atoms with Gasteiger partial charge in [-0.25, -0.2) is 0 Å². The smallest absolute Gasteiger partial charge is 0.313 e. The number of rotatable bonds is 4. The van der Waals surface area contributed by atoms with E-state index >= 15 is 0 Å². The second-order valence-electron chi connectivity index (χ2n) is 3.97. The van der Waals surface area contributed by atoms with Crippen molar-refractivity contribution in [2.75, 3.05) is 7.11 Å². The summed E-state index contributed by atoms with van der Waals surface area (Å²) in [5.41, 5.74) is 0. The maximum Gasteiger partial charge on any atom is 0.313 e. The monoisotopic (exact) mass is 294 g/mol. The predicted octanol–water partition coefficient (Wildman–Crippen LogP) is 0.509. The Balaban J connectivity index is -0.0000000906. The van der Waals surface area contributed by atoms with Gasteiger partial charge < -0.3 is 14.9 Å². The van der Waals surface area contributed by atoms with Crippen molar-refractivity contribution in [3.8, 4) is 0 Å². The maximum absolute atomic E-state index is 10.2. The molecular formula is C13H31AlO5. The number of aliphatic hydroxyl groups is 2. The Morgan fingerprint density at radius 2 is 1.32 bits per heavy atom. The summed E-state index contributed by atoms with van der Waals surface area (Å²) in [7, 11) is 1.26. The zero-order valence-electron chi connectivity index (χ0n) is 12.4. The number of carbonyl (C=O) groups excluding carboxylic acids is 2. The van der Waals surface area contributed by atoms with Gasteiger partial charge in [-0.3, -0.25) is 9.59 Å². The molecular weight excluding hydrogens is 263 g/mol. The Labute approximate surface area is 127 Å². The molecule has 0 aliphatic carbocycles. The minimum atomic E-state index is -0.475. The van der Waals surface area contributed by atoms with Gasteiger partial charge in [0.25, 0.3) is 0 Å². The molecule has 0 bridgehead atoms. The molecule has 0 aromatic carbocycles. The minimum absolute atomic E-state index is 0. The highest BCUT2D eigenvalue weighted by atomic mass is 27.0. The van der Waals surface area contributed by atoms with Crippen LogP contribution in [-0.4, -0.2) is 58.6 Å². The molecule has 19 heavy (non-hydrogen) atoms. The van der Waals surface area contributed by atoms with Gasteiger partial charge in [0.05, 0.1) is 19.3 Å². The number of hydrogen-bond acceptors (Lipinski definition) is 5. The van der Waals surface area contributed by atoms with Gasteiger partial charge in [0.15, 0.2) is 17.4 Å². The summed E-state index contributed by atoms with van der Waals surface area (Å²) >= 11 is 0. The van der Waals surface area contributed by atoms with E-state index in [1.165, 1.54) is 14.0 Å². The van der Waals surface area contributed by atoms with Gasteiger partial charge in [-0.2, -0.15) is 0 Å². The molecule has 0 rings (SSSR count). The van der Waals surface area contributed by atoms with Crippen LogP contribution in [0.5, 0.6) is 0 Å². The van der Waals surface area contributed by atoms with Crippen LogP contribution in [0.1, 0.15) is 53.9 Å². The molecule has 2 N–H and O–H groups in total. The lowest BCUT2D eigenvalue weighted by molar-refractivity contribution is -0.142. The fourth-order valence-electron chi connectivity index (χ4n) is 0.275. The van der Waals surface area contributed by atoms with E-state index < -0.39 is 5.97 Å². The summed E-state index contributed by atoms with van der Waals surface area (Å²) in [5, 5.41) is 16.7. The lowest BCUT2D eigenvalue weighted by atomic mass is 10.3. The molecule has 6 heteroatoms. The van der Waals surface area contributed by atoms with Gasteiger partial charge in [0.1, 0.15) is 12.2 Å². The molecule has 0 spiro atoms. The van der Waals surface area contributed by atoms with E-state index in [-0.39, 0.29) is 41.8 Å². The van der Waals surface area contributed by atoms with Gasteiger partial charge in [-0.1, -0.05) is 13.8 Å². The molecule has 0 aromatic rings. The van der Waals surface area contributed by atoms with Crippen molar-refractivity contribution in [1.82, 2.24) is 0 Å². The van der Waals surface area contributed by atoms with Crippen LogP contribution in [-0.2, 0) is 14.3 Å². The highest BCUT2D eigenvalue weighted by molar-refractivity contribution is 5.93. The zero-order valence-corrected chi connectivity index (χ0v) is 12.4. The molecule has 116 valence electrons. The third kappa shape index (κ3) is 46.5. The molecule has 0 amide bonds. The zero-order chi connectivity index (χ0) is 15.1. The van der Waals surface area contributed by atoms with Gasteiger partial charge in [-0.15, -0.1) is 0 Å². The first kappa shape index (κ1) is 27.0. The molecule has 0 aromatic heterocycles. The highest BCUT2D eigenvalue weighted by Gasteiger charge is 2.01. The lowest BCUT2D eigenvalue weighted by Crippen LogP contribution is -2.05. The third-order valence-corrected chi connectivity index (χ3v) is 1.80. The van der Waals surface area contributed by atoms with E-state index in [2.05, 4.69) is 4.74 Å². The van der Waals surface area contributed by atoms with Crippen molar-refractivity contribution in [3.63, 3.8) is 0 Å². The standard InChI is InChI=1S/C5H8O3.2C4H10O.Al.3H/c1-4(6)3-5(7)8-2;2*1-3-4(2)5;;;;/h3H2,1-2H3;2*4-5H,3H2,1-2H3;;;;. The van der Waals surface area contributed by atoms with Crippen molar-refractivity contribution in [2.24, 2.45) is 0 Å². The number of hydrogen-bond donors (Lipinski definition) is 2. The summed E-state index contributed by atoms with van der Waals surface area (Å²) in [5.74, 6) is -0.644. The fourth-order valence-corrected chi connectivity index (χ4v) is 0.275. The number of esters is 1. The van der Waals surface area contributed by atoms with Crippen LogP contribution in [0.15, 0.2) is 0 Å². The maximum atomic E-state index is 10.2. The Bertz CT molecular complexity index is 197. The molecule has 0 fully saturated rings.